The molecule has 0 bridgehead atoms. The van der Waals surface area contributed by atoms with E-state index in [1.807, 2.05) is 19.1 Å². The second kappa shape index (κ2) is 4.37. The van der Waals surface area contributed by atoms with Crippen molar-refractivity contribution in [1.29, 1.82) is 0 Å². The molecule has 1 atom stereocenters. The molecule has 2 heterocycles. The highest BCUT2D eigenvalue weighted by Crippen LogP contribution is 2.39. The second-order valence-electron chi connectivity index (χ2n) is 4.29. The Balaban J connectivity index is 2.04. The maximum absolute atomic E-state index is 5.72. The van der Waals surface area contributed by atoms with Gasteiger partial charge in [-0.1, -0.05) is 5.16 Å². The fourth-order valence-electron chi connectivity index (χ4n) is 2.07. The molecule has 1 unspecified atom stereocenters. The number of benzene rings is 1. The quantitative estimate of drug-likeness (QED) is 0.921. The van der Waals surface area contributed by atoms with Gasteiger partial charge in [-0.25, -0.2) is 0 Å². The molecule has 2 aromatic rings. The Hall–Kier alpha value is -1.40. The molecular formula is C12H12BrN3O2. The topological polar surface area (TPSA) is 74.2 Å². The summed E-state index contributed by atoms with van der Waals surface area (Å²) in [5.74, 6) is 1.90. The second-order valence-corrected chi connectivity index (χ2v) is 5.15. The molecule has 1 aliphatic rings. The number of nitrogens with zero attached hydrogens (tertiary/aromatic N) is 2. The van der Waals surface area contributed by atoms with Crippen molar-refractivity contribution >= 4 is 15.9 Å². The summed E-state index contributed by atoms with van der Waals surface area (Å²) in [7, 11) is 0. The Bertz CT molecular complexity index is 597. The molecule has 1 aliphatic heterocycles. The highest BCUT2D eigenvalue weighted by atomic mass is 79.9. The van der Waals surface area contributed by atoms with Crippen LogP contribution in [0.25, 0.3) is 11.4 Å². The SMILES string of the molecule is CC1Cc2cc(-c3noc(CN)n3)cc(Br)c2O1. The van der Waals surface area contributed by atoms with Gasteiger partial charge in [0.15, 0.2) is 0 Å². The molecule has 0 spiro atoms. The number of hydrogen-bond donors (Lipinski definition) is 1. The van der Waals surface area contributed by atoms with Crippen molar-refractivity contribution < 1.29 is 9.26 Å². The average Bonchev–Trinajstić information content (AvgIpc) is 2.94. The summed E-state index contributed by atoms with van der Waals surface area (Å²) < 4.78 is 11.7. The van der Waals surface area contributed by atoms with Crippen LogP contribution >= 0.6 is 15.9 Å². The normalized spacial score (nSPS) is 17.6. The lowest BCUT2D eigenvalue weighted by Gasteiger charge is -2.05. The van der Waals surface area contributed by atoms with Gasteiger partial charge < -0.3 is 15.0 Å². The first kappa shape index (κ1) is 11.7. The zero-order chi connectivity index (χ0) is 12.7. The van der Waals surface area contributed by atoms with Gasteiger partial charge in [0.1, 0.15) is 11.9 Å². The smallest absolute Gasteiger partial charge is 0.240 e. The van der Waals surface area contributed by atoms with Crippen LogP contribution in [0.15, 0.2) is 21.1 Å². The van der Waals surface area contributed by atoms with Crippen LogP contribution in [-0.4, -0.2) is 16.2 Å². The fraction of sp³-hybridized carbons (Fsp3) is 0.333. The van der Waals surface area contributed by atoms with E-state index in [0.29, 0.717) is 11.7 Å². The van der Waals surface area contributed by atoms with Crippen LogP contribution in [0, 0.1) is 0 Å². The van der Waals surface area contributed by atoms with Crippen LogP contribution in [0.4, 0.5) is 0 Å². The first-order valence-corrected chi connectivity index (χ1v) is 6.48. The Morgan fingerprint density at radius 3 is 3.06 bits per heavy atom. The van der Waals surface area contributed by atoms with Gasteiger partial charge in [0.2, 0.25) is 11.7 Å². The van der Waals surface area contributed by atoms with E-state index in [9.17, 15) is 0 Å². The molecule has 0 radical (unpaired) electrons. The number of aromatic nitrogens is 2. The molecule has 1 aromatic heterocycles. The van der Waals surface area contributed by atoms with Crippen LogP contribution in [0.1, 0.15) is 18.4 Å². The summed E-state index contributed by atoms with van der Waals surface area (Å²) in [5, 5.41) is 3.92. The van der Waals surface area contributed by atoms with Crippen molar-refractivity contribution in [3.63, 3.8) is 0 Å². The van der Waals surface area contributed by atoms with E-state index in [4.69, 9.17) is 15.0 Å². The molecule has 2 N–H and O–H groups in total. The largest absolute Gasteiger partial charge is 0.489 e. The van der Waals surface area contributed by atoms with Crippen LogP contribution in [0.3, 0.4) is 0 Å². The van der Waals surface area contributed by atoms with Gasteiger partial charge in [-0.2, -0.15) is 4.98 Å². The summed E-state index contributed by atoms with van der Waals surface area (Å²) in [6.45, 7) is 2.30. The zero-order valence-corrected chi connectivity index (χ0v) is 11.4. The summed E-state index contributed by atoms with van der Waals surface area (Å²) in [6.07, 6.45) is 1.10. The van der Waals surface area contributed by atoms with Crippen molar-refractivity contribution in [3.8, 4) is 17.1 Å². The molecule has 0 saturated carbocycles. The maximum atomic E-state index is 5.72. The Morgan fingerprint density at radius 2 is 2.33 bits per heavy atom. The van der Waals surface area contributed by atoms with Crippen LogP contribution in [0.5, 0.6) is 5.75 Å². The number of rotatable bonds is 2. The molecule has 0 aliphatic carbocycles. The zero-order valence-electron chi connectivity index (χ0n) is 9.81. The predicted molar refractivity (Wildman–Crippen MR) is 69.1 cm³/mol. The van der Waals surface area contributed by atoms with E-state index in [0.717, 1.165) is 27.8 Å². The van der Waals surface area contributed by atoms with Gasteiger partial charge in [-0.3, -0.25) is 0 Å². The molecule has 18 heavy (non-hydrogen) atoms. The van der Waals surface area contributed by atoms with Gasteiger partial charge in [-0.15, -0.1) is 0 Å². The molecule has 0 amide bonds. The molecule has 0 saturated heterocycles. The minimum atomic E-state index is 0.205. The third-order valence-electron chi connectivity index (χ3n) is 2.85. The van der Waals surface area contributed by atoms with Crippen LogP contribution in [0.2, 0.25) is 0 Å². The minimum Gasteiger partial charge on any atom is -0.489 e. The third kappa shape index (κ3) is 1.91. The van der Waals surface area contributed by atoms with Crippen LogP contribution in [-0.2, 0) is 13.0 Å². The monoisotopic (exact) mass is 309 g/mol. The lowest BCUT2D eigenvalue weighted by atomic mass is 10.1. The van der Waals surface area contributed by atoms with Gasteiger partial charge in [0.25, 0.3) is 0 Å². The molecule has 6 heteroatoms. The van der Waals surface area contributed by atoms with Gasteiger partial charge >= 0.3 is 0 Å². The highest BCUT2D eigenvalue weighted by Gasteiger charge is 2.23. The Kier molecular flexibility index (Phi) is 2.83. The molecule has 5 nitrogen and oxygen atoms in total. The van der Waals surface area contributed by atoms with Gasteiger partial charge in [0, 0.05) is 12.0 Å². The minimum absolute atomic E-state index is 0.205. The number of hydrogen-bond acceptors (Lipinski definition) is 5. The molecule has 0 fully saturated rings. The summed E-state index contributed by atoms with van der Waals surface area (Å²) in [5.41, 5.74) is 7.52. The lowest BCUT2D eigenvalue weighted by Crippen LogP contribution is -2.05. The standard InChI is InChI=1S/C12H12BrN3O2/c1-6-2-7-3-8(4-9(13)11(7)17-6)12-15-10(5-14)18-16-12/h3-4,6H,2,5,14H2,1H3. The van der Waals surface area contributed by atoms with E-state index in [2.05, 4.69) is 26.1 Å². The van der Waals surface area contributed by atoms with Crippen molar-refractivity contribution in [3.05, 3.63) is 28.1 Å². The molecule has 94 valence electrons. The van der Waals surface area contributed by atoms with Crippen molar-refractivity contribution in [2.45, 2.75) is 26.0 Å². The van der Waals surface area contributed by atoms with Gasteiger partial charge in [-0.05, 0) is 40.5 Å². The van der Waals surface area contributed by atoms with Crippen molar-refractivity contribution in [2.24, 2.45) is 5.73 Å². The molecule has 1 aromatic carbocycles. The highest BCUT2D eigenvalue weighted by molar-refractivity contribution is 9.10. The van der Waals surface area contributed by atoms with E-state index in [1.54, 1.807) is 0 Å². The van der Waals surface area contributed by atoms with Gasteiger partial charge in [0.05, 0.1) is 11.0 Å². The fourth-order valence-corrected chi connectivity index (χ4v) is 2.67. The maximum Gasteiger partial charge on any atom is 0.240 e. The number of nitrogens with two attached hydrogens (primary N) is 1. The van der Waals surface area contributed by atoms with E-state index in [-0.39, 0.29) is 12.6 Å². The number of ether oxygens (including phenoxy) is 1. The molecule has 3 rings (SSSR count). The van der Waals surface area contributed by atoms with E-state index in [1.165, 1.54) is 0 Å². The van der Waals surface area contributed by atoms with Crippen molar-refractivity contribution in [1.82, 2.24) is 10.1 Å². The summed E-state index contributed by atoms with van der Waals surface area (Å²) in [6, 6.07) is 3.97. The van der Waals surface area contributed by atoms with Crippen LogP contribution < -0.4 is 10.5 Å². The lowest BCUT2D eigenvalue weighted by molar-refractivity contribution is 0.253. The third-order valence-corrected chi connectivity index (χ3v) is 3.44. The first-order valence-electron chi connectivity index (χ1n) is 5.69. The predicted octanol–water partition coefficient (Wildman–Crippen LogP) is 2.28. The van der Waals surface area contributed by atoms with E-state index >= 15 is 0 Å². The summed E-state index contributed by atoms with van der Waals surface area (Å²) >= 11 is 3.51. The number of fused-ring (bicyclic) bond motifs is 1. The average molecular weight is 310 g/mol. The first-order chi connectivity index (χ1) is 8.67. The van der Waals surface area contributed by atoms with E-state index < -0.39 is 0 Å². The Morgan fingerprint density at radius 1 is 1.50 bits per heavy atom. The van der Waals surface area contributed by atoms with Crippen molar-refractivity contribution in [2.75, 3.05) is 0 Å². The summed E-state index contributed by atoms with van der Waals surface area (Å²) in [4.78, 5) is 4.22. The Labute approximate surface area is 112 Å². The molecular weight excluding hydrogens is 298 g/mol. The number of halogens is 1.